The van der Waals surface area contributed by atoms with E-state index in [2.05, 4.69) is 5.32 Å². The molecule has 0 bridgehead atoms. The first-order valence-corrected chi connectivity index (χ1v) is 6.04. The standard InChI is InChI=1S/C13H15N3O2/c1-13(8-5-6-8)11(17)16(12(18)15-13)10-4-2-3-9(14)7-10/h2-4,7-8H,5-6,14H2,1H3,(H,15,18). The van der Waals surface area contributed by atoms with Crippen LogP contribution in [0.2, 0.25) is 0 Å². The molecule has 3 N–H and O–H groups in total. The number of nitrogens with zero attached hydrogens (tertiary/aromatic N) is 1. The van der Waals surface area contributed by atoms with Crippen molar-refractivity contribution in [3.8, 4) is 0 Å². The topological polar surface area (TPSA) is 75.4 Å². The van der Waals surface area contributed by atoms with Crippen LogP contribution in [0.25, 0.3) is 0 Å². The number of hydrogen-bond donors (Lipinski definition) is 2. The molecular formula is C13H15N3O2. The van der Waals surface area contributed by atoms with Crippen LogP contribution in [0.1, 0.15) is 19.8 Å². The number of rotatable bonds is 2. The van der Waals surface area contributed by atoms with Crippen molar-refractivity contribution in [1.29, 1.82) is 0 Å². The first kappa shape index (κ1) is 11.1. The molecule has 0 radical (unpaired) electrons. The quantitative estimate of drug-likeness (QED) is 0.612. The smallest absolute Gasteiger partial charge is 0.329 e. The highest BCUT2D eigenvalue weighted by Gasteiger charge is 2.56. The molecule has 1 aliphatic carbocycles. The average Bonchev–Trinajstić information content (AvgIpc) is 3.09. The SMILES string of the molecule is CC1(C2CC2)NC(=O)N(c2cccc(N)c2)C1=O. The van der Waals surface area contributed by atoms with E-state index in [1.54, 1.807) is 31.2 Å². The van der Waals surface area contributed by atoms with Crippen molar-refractivity contribution in [1.82, 2.24) is 5.32 Å². The lowest BCUT2D eigenvalue weighted by Crippen LogP contribution is -2.46. The number of anilines is 2. The molecule has 1 saturated carbocycles. The second-order valence-electron chi connectivity index (χ2n) is 5.14. The van der Waals surface area contributed by atoms with Gasteiger partial charge in [-0.3, -0.25) is 4.79 Å². The maximum absolute atomic E-state index is 12.4. The van der Waals surface area contributed by atoms with E-state index in [9.17, 15) is 9.59 Å². The summed E-state index contributed by atoms with van der Waals surface area (Å²) in [6.07, 6.45) is 1.99. The van der Waals surface area contributed by atoms with Gasteiger partial charge in [0.15, 0.2) is 0 Å². The van der Waals surface area contributed by atoms with Crippen LogP contribution in [0.5, 0.6) is 0 Å². The van der Waals surface area contributed by atoms with Crippen molar-refractivity contribution in [2.75, 3.05) is 10.6 Å². The van der Waals surface area contributed by atoms with Crippen LogP contribution in [0, 0.1) is 5.92 Å². The summed E-state index contributed by atoms with van der Waals surface area (Å²) in [5.74, 6) is 0.0839. The Bertz CT molecular complexity index is 539. The van der Waals surface area contributed by atoms with Crippen LogP contribution in [-0.4, -0.2) is 17.5 Å². The van der Waals surface area contributed by atoms with E-state index in [1.165, 1.54) is 4.90 Å². The van der Waals surface area contributed by atoms with Crippen molar-refractivity contribution < 1.29 is 9.59 Å². The van der Waals surface area contributed by atoms with E-state index < -0.39 is 5.54 Å². The van der Waals surface area contributed by atoms with Crippen LogP contribution < -0.4 is 16.0 Å². The third-order valence-electron chi connectivity index (χ3n) is 3.74. The Morgan fingerprint density at radius 3 is 2.72 bits per heavy atom. The van der Waals surface area contributed by atoms with Gasteiger partial charge in [-0.25, -0.2) is 9.69 Å². The maximum Gasteiger partial charge on any atom is 0.329 e. The van der Waals surface area contributed by atoms with Gasteiger partial charge in [0.05, 0.1) is 5.69 Å². The van der Waals surface area contributed by atoms with Crippen LogP contribution in [-0.2, 0) is 4.79 Å². The van der Waals surface area contributed by atoms with Gasteiger partial charge in [-0.05, 0) is 43.9 Å². The Morgan fingerprint density at radius 1 is 1.39 bits per heavy atom. The van der Waals surface area contributed by atoms with Gasteiger partial charge in [-0.15, -0.1) is 0 Å². The van der Waals surface area contributed by atoms with Gasteiger partial charge in [0, 0.05) is 5.69 Å². The van der Waals surface area contributed by atoms with E-state index >= 15 is 0 Å². The lowest BCUT2D eigenvalue weighted by molar-refractivity contribution is -0.122. The maximum atomic E-state index is 12.4. The van der Waals surface area contributed by atoms with Gasteiger partial charge >= 0.3 is 6.03 Å². The van der Waals surface area contributed by atoms with E-state index in [0.29, 0.717) is 11.4 Å². The third-order valence-corrected chi connectivity index (χ3v) is 3.74. The van der Waals surface area contributed by atoms with E-state index in [4.69, 9.17) is 5.73 Å². The van der Waals surface area contributed by atoms with Crippen molar-refractivity contribution in [3.05, 3.63) is 24.3 Å². The Kier molecular flexibility index (Phi) is 2.14. The second-order valence-corrected chi connectivity index (χ2v) is 5.14. The Morgan fingerprint density at radius 2 is 2.11 bits per heavy atom. The number of nitrogens with one attached hydrogen (secondary N) is 1. The molecule has 1 aromatic rings. The molecule has 3 rings (SSSR count). The first-order valence-electron chi connectivity index (χ1n) is 6.04. The molecule has 1 heterocycles. The fraction of sp³-hybridized carbons (Fsp3) is 0.385. The predicted molar refractivity (Wildman–Crippen MR) is 68.0 cm³/mol. The average molecular weight is 245 g/mol. The van der Waals surface area contributed by atoms with Gasteiger partial charge < -0.3 is 11.1 Å². The molecule has 5 nitrogen and oxygen atoms in total. The summed E-state index contributed by atoms with van der Waals surface area (Å²) in [6.45, 7) is 1.80. The Hall–Kier alpha value is -2.04. The van der Waals surface area contributed by atoms with E-state index in [1.807, 2.05) is 0 Å². The molecule has 0 aromatic heterocycles. The summed E-state index contributed by atoms with van der Waals surface area (Å²) in [5.41, 5.74) is 6.00. The fourth-order valence-electron chi connectivity index (χ4n) is 2.49. The van der Waals surface area contributed by atoms with Gasteiger partial charge in [0.1, 0.15) is 5.54 Å². The molecule has 1 saturated heterocycles. The molecular weight excluding hydrogens is 230 g/mol. The monoisotopic (exact) mass is 245 g/mol. The van der Waals surface area contributed by atoms with E-state index in [0.717, 1.165) is 12.8 Å². The number of urea groups is 1. The van der Waals surface area contributed by atoms with Gasteiger partial charge in [-0.1, -0.05) is 6.07 Å². The first-order chi connectivity index (χ1) is 8.52. The van der Waals surface area contributed by atoms with Crippen LogP contribution in [0.15, 0.2) is 24.3 Å². The van der Waals surface area contributed by atoms with Crippen molar-refractivity contribution in [3.63, 3.8) is 0 Å². The largest absolute Gasteiger partial charge is 0.399 e. The number of hydrogen-bond acceptors (Lipinski definition) is 3. The van der Waals surface area contributed by atoms with Crippen LogP contribution in [0.3, 0.4) is 0 Å². The second kappa shape index (κ2) is 3.48. The lowest BCUT2D eigenvalue weighted by Gasteiger charge is -2.21. The molecule has 1 aliphatic heterocycles. The molecule has 1 unspecified atom stereocenters. The number of imide groups is 1. The Labute approximate surface area is 105 Å². The van der Waals surface area contributed by atoms with Gasteiger partial charge in [0.25, 0.3) is 5.91 Å². The highest BCUT2D eigenvalue weighted by molar-refractivity contribution is 6.23. The zero-order chi connectivity index (χ0) is 12.9. The minimum atomic E-state index is -0.748. The summed E-state index contributed by atoms with van der Waals surface area (Å²) in [4.78, 5) is 25.6. The summed E-state index contributed by atoms with van der Waals surface area (Å²) in [5, 5.41) is 2.81. The lowest BCUT2D eigenvalue weighted by atomic mass is 9.96. The molecule has 3 amide bonds. The summed E-state index contributed by atoms with van der Waals surface area (Å²) in [7, 11) is 0. The van der Waals surface area contributed by atoms with Crippen LogP contribution >= 0.6 is 0 Å². The molecule has 0 spiro atoms. The molecule has 1 aromatic carbocycles. The molecule has 94 valence electrons. The highest BCUT2D eigenvalue weighted by atomic mass is 16.2. The third kappa shape index (κ3) is 1.47. The molecule has 18 heavy (non-hydrogen) atoms. The van der Waals surface area contributed by atoms with E-state index in [-0.39, 0.29) is 17.9 Å². The fourth-order valence-corrected chi connectivity index (χ4v) is 2.49. The molecule has 5 heteroatoms. The van der Waals surface area contributed by atoms with Gasteiger partial charge in [0.2, 0.25) is 0 Å². The number of nitrogen functional groups attached to an aromatic ring is 1. The molecule has 1 atom stereocenters. The predicted octanol–water partition coefficient (Wildman–Crippen LogP) is 1.49. The zero-order valence-corrected chi connectivity index (χ0v) is 10.1. The number of carbonyl (C=O) groups is 2. The van der Waals surface area contributed by atoms with Crippen molar-refractivity contribution in [2.24, 2.45) is 5.92 Å². The molecule has 2 fully saturated rings. The Balaban J connectivity index is 1.98. The number of carbonyl (C=O) groups excluding carboxylic acids is 2. The van der Waals surface area contributed by atoms with Gasteiger partial charge in [-0.2, -0.15) is 0 Å². The minimum Gasteiger partial charge on any atom is -0.399 e. The van der Waals surface area contributed by atoms with Crippen LogP contribution in [0.4, 0.5) is 16.2 Å². The minimum absolute atomic E-state index is 0.180. The number of benzene rings is 1. The highest BCUT2D eigenvalue weighted by Crippen LogP contribution is 2.43. The molecule has 2 aliphatic rings. The number of amides is 3. The van der Waals surface area contributed by atoms with Crippen molar-refractivity contribution >= 4 is 23.3 Å². The number of nitrogens with two attached hydrogens (primary N) is 1. The van der Waals surface area contributed by atoms with Crippen molar-refractivity contribution in [2.45, 2.75) is 25.3 Å². The summed E-state index contributed by atoms with van der Waals surface area (Å²) < 4.78 is 0. The normalized spacial score (nSPS) is 27.5. The summed E-state index contributed by atoms with van der Waals surface area (Å²) >= 11 is 0. The zero-order valence-electron chi connectivity index (χ0n) is 10.1. The summed E-state index contributed by atoms with van der Waals surface area (Å²) in [6, 6.07) is 6.45.